The van der Waals surface area contributed by atoms with E-state index in [-0.39, 0.29) is 42.0 Å². The van der Waals surface area contributed by atoms with Crippen molar-refractivity contribution in [3.05, 3.63) is 99.0 Å². The van der Waals surface area contributed by atoms with Crippen molar-refractivity contribution in [3.8, 4) is 11.5 Å². The summed E-state index contributed by atoms with van der Waals surface area (Å²) in [7, 11) is 0. The first-order valence-electron chi connectivity index (χ1n) is 12.8. The second-order valence-corrected chi connectivity index (χ2v) is 10.8. The number of carbonyl (C=O) groups excluding carboxylic acids is 1. The Morgan fingerprint density at radius 3 is 2.88 bits per heavy atom. The van der Waals surface area contributed by atoms with Gasteiger partial charge in [-0.3, -0.25) is 4.79 Å². The maximum Gasteiger partial charge on any atom is 0.443 e. The normalized spacial score (nSPS) is 20.3. The minimum Gasteiger partial charge on any atom is -0.502 e. The number of pyridine rings is 1. The van der Waals surface area contributed by atoms with Crippen molar-refractivity contribution in [3.63, 3.8) is 0 Å². The second kappa shape index (κ2) is 10.5. The average molecular weight is 567 g/mol. The van der Waals surface area contributed by atoms with Crippen LogP contribution in [-0.4, -0.2) is 53.5 Å². The third-order valence-electron chi connectivity index (χ3n) is 7.32. The summed E-state index contributed by atoms with van der Waals surface area (Å²) in [6.07, 6.45) is 6.14. The van der Waals surface area contributed by atoms with Crippen LogP contribution in [0.2, 0.25) is 0 Å². The summed E-state index contributed by atoms with van der Waals surface area (Å²) in [5.74, 6) is -2.79. The van der Waals surface area contributed by atoms with Crippen LogP contribution in [0, 0.1) is 17.6 Å². The number of ether oxygens (including phenoxy) is 2. The summed E-state index contributed by atoms with van der Waals surface area (Å²) in [6, 6.07) is 8.86. The molecule has 206 valence electrons. The molecule has 8 nitrogen and oxygen atoms in total. The molecule has 0 bridgehead atoms. The highest BCUT2D eigenvalue weighted by Crippen LogP contribution is 2.47. The van der Waals surface area contributed by atoms with Gasteiger partial charge in [0.25, 0.3) is 0 Å². The molecule has 1 fully saturated rings. The molecular weight excluding hydrogens is 540 g/mol. The molecule has 6 rings (SSSR count). The SMILES string of the molecule is C=[N+]1CN([C@@H]2c3ccccc3SCc3c(F)c(F)cc(OC/C=C/C4CCOC4)c32)n2ccc(=O)c(O)c2C1=O. The molecule has 4 heterocycles. The summed E-state index contributed by atoms with van der Waals surface area (Å²) in [5.41, 5.74) is 0.294. The van der Waals surface area contributed by atoms with Gasteiger partial charge in [-0.25, -0.2) is 23.3 Å². The topological polar surface area (TPSA) is 84.0 Å². The van der Waals surface area contributed by atoms with Crippen molar-refractivity contribution < 1.29 is 32.7 Å². The molecule has 1 unspecified atom stereocenters. The average Bonchev–Trinajstić information content (AvgIpc) is 3.41. The van der Waals surface area contributed by atoms with Crippen molar-refractivity contribution in [2.24, 2.45) is 5.92 Å². The van der Waals surface area contributed by atoms with Gasteiger partial charge in [0.15, 0.2) is 17.4 Å². The fourth-order valence-electron chi connectivity index (χ4n) is 5.36. The highest BCUT2D eigenvalue weighted by Gasteiger charge is 2.43. The Bertz CT molecular complexity index is 1620. The van der Waals surface area contributed by atoms with Crippen molar-refractivity contribution in [2.75, 3.05) is 31.5 Å². The van der Waals surface area contributed by atoms with Crippen molar-refractivity contribution in [2.45, 2.75) is 23.1 Å². The van der Waals surface area contributed by atoms with Gasteiger partial charge in [0.1, 0.15) is 25.1 Å². The number of aromatic nitrogens is 1. The smallest absolute Gasteiger partial charge is 0.443 e. The number of halogens is 2. The Kier molecular flexibility index (Phi) is 6.93. The molecule has 2 aromatic carbocycles. The molecule has 0 saturated carbocycles. The zero-order chi connectivity index (χ0) is 28.0. The monoisotopic (exact) mass is 566 g/mol. The van der Waals surface area contributed by atoms with Crippen LogP contribution in [0.25, 0.3) is 0 Å². The molecule has 3 aliphatic heterocycles. The molecular formula is C29H26F2N3O5S+. The van der Waals surface area contributed by atoms with Crippen LogP contribution < -0.4 is 15.2 Å². The Hall–Kier alpha value is -3.96. The zero-order valence-electron chi connectivity index (χ0n) is 21.4. The number of amides is 1. The van der Waals surface area contributed by atoms with Gasteiger partial charge in [-0.1, -0.05) is 30.4 Å². The van der Waals surface area contributed by atoms with Gasteiger partial charge in [0, 0.05) is 52.6 Å². The lowest BCUT2D eigenvalue weighted by molar-refractivity contribution is -0.428. The van der Waals surface area contributed by atoms with E-state index >= 15 is 4.39 Å². The molecule has 1 saturated heterocycles. The fourth-order valence-corrected chi connectivity index (χ4v) is 6.47. The number of nitrogens with zero attached hydrogens (tertiary/aromatic N) is 3. The summed E-state index contributed by atoms with van der Waals surface area (Å²) < 4.78 is 44.4. The highest BCUT2D eigenvalue weighted by molar-refractivity contribution is 7.98. The van der Waals surface area contributed by atoms with Gasteiger partial charge in [-0.05, 0) is 18.1 Å². The third kappa shape index (κ3) is 4.48. The van der Waals surface area contributed by atoms with Crippen LogP contribution in [0.3, 0.4) is 0 Å². The molecule has 3 aromatic rings. The number of fused-ring (bicyclic) bond motifs is 3. The Morgan fingerprint density at radius 2 is 2.08 bits per heavy atom. The van der Waals surface area contributed by atoms with Crippen molar-refractivity contribution in [1.29, 1.82) is 0 Å². The summed E-state index contributed by atoms with van der Waals surface area (Å²) in [4.78, 5) is 26.1. The minimum atomic E-state index is -1.03. The third-order valence-corrected chi connectivity index (χ3v) is 8.44. The van der Waals surface area contributed by atoms with E-state index in [2.05, 4.69) is 6.72 Å². The van der Waals surface area contributed by atoms with E-state index in [9.17, 15) is 19.1 Å². The fraction of sp³-hybridized carbons (Fsp3) is 0.276. The Labute approximate surface area is 232 Å². The van der Waals surface area contributed by atoms with E-state index in [0.29, 0.717) is 18.8 Å². The zero-order valence-corrected chi connectivity index (χ0v) is 22.2. The first-order chi connectivity index (χ1) is 19.3. The summed E-state index contributed by atoms with van der Waals surface area (Å²) in [5, 5.41) is 12.3. The minimum absolute atomic E-state index is 0.0722. The Morgan fingerprint density at radius 1 is 1.25 bits per heavy atom. The van der Waals surface area contributed by atoms with E-state index < -0.39 is 34.8 Å². The Balaban J connectivity index is 1.53. The van der Waals surface area contributed by atoms with E-state index in [0.717, 1.165) is 33.6 Å². The molecule has 1 amide bonds. The van der Waals surface area contributed by atoms with E-state index in [1.807, 2.05) is 36.4 Å². The van der Waals surface area contributed by atoms with Gasteiger partial charge < -0.3 is 14.6 Å². The molecule has 3 aliphatic rings. The quantitative estimate of drug-likeness (QED) is 0.370. The van der Waals surface area contributed by atoms with Gasteiger partial charge in [-0.15, -0.1) is 16.3 Å². The van der Waals surface area contributed by atoms with E-state index in [1.54, 1.807) is 5.01 Å². The molecule has 1 aromatic heterocycles. The van der Waals surface area contributed by atoms with Crippen LogP contribution in [0.5, 0.6) is 11.5 Å². The van der Waals surface area contributed by atoms with Crippen LogP contribution in [-0.2, 0) is 10.5 Å². The lowest BCUT2D eigenvalue weighted by atomic mass is 9.92. The number of hydrogen-bond acceptors (Lipinski definition) is 7. The lowest BCUT2D eigenvalue weighted by Crippen LogP contribution is -2.52. The predicted octanol–water partition coefficient (Wildman–Crippen LogP) is 3.96. The second-order valence-electron chi connectivity index (χ2n) is 9.80. The van der Waals surface area contributed by atoms with Gasteiger partial charge in [0.2, 0.25) is 17.8 Å². The maximum absolute atomic E-state index is 15.5. The molecule has 0 aliphatic carbocycles. The van der Waals surface area contributed by atoms with Crippen LogP contribution in [0.1, 0.15) is 39.6 Å². The number of thioether (sulfide) groups is 1. The van der Waals surface area contributed by atoms with Crippen LogP contribution >= 0.6 is 11.8 Å². The molecule has 0 radical (unpaired) electrons. The molecule has 11 heteroatoms. The van der Waals surface area contributed by atoms with Gasteiger partial charge >= 0.3 is 5.91 Å². The number of carbonyl (C=O) groups is 1. The van der Waals surface area contributed by atoms with Crippen molar-refractivity contribution in [1.82, 2.24) is 4.68 Å². The molecule has 1 N–H and O–H groups in total. The largest absolute Gasteiger partial charge is 0.502 e. The first-order valence-corrected chi connectivity index (χ1v) is 13.8. The molecule has 0 spiro atoms. The number of hydrogen-bond donors (Lipinski definition) is 1. The number of benzene rings is 2. The van der Waals surface area contributed by atoms with Crippen LogP contribution in [0.15, 0.2) is 64.4 Å². The summed E-state index contributed by atoms with van der Waals surface area (Å²) in [6.45, 7) is 5.20. The highest BCUT2D eigenvalue weighted by atomic mass is 32.2. The van der Waals surface area contributed by atoms with E-state index in [4.69, 9.17) is 9.47 Å². The summed E-state index contributed by atoms with van der Waals surface area (Å²) >= 11 is 1.36. The molecule has 40 heavy (non-hydrogen) atoms. The standard InChI is InChI=1S/C29H25F2N3O5S/c1-32-16-34(33-10-8-21(35)28(36)27(33)29(32)37)26-18-6-2-3-7-23(18)40-15-19-24(26)22(13-20(30)25(19)31)39-11-4-5-17-9-12-38-14-17/h2-8,10,13,17,26H,1,9,11-12,14-16H2/p+1/b5-4+/t17?,26-/m1/s1. The maximum atomic E-state index is 15.5. The predicted molar refractivity (Wildman–Crippen MR) is 145 cm³/mol. The van der Waals surface area contributed by atoms with Gasteiger partial charge in [0.05, 0.1) is 6.61 Å². The van der Waals surface area contributed by atoms with Gasteiger partial charge in [-0.2, -0.15) is 0 Å². The first kappa shape index (κ1) is 26.3. The van der Waals surface area contributed by atoms with Crippen LogP contribution in [0.4, 0.5) is 8.78 Å². The number of aromatic hydroxyl groups is 1. The van der Waals surface area contributed by atoms with E-state index in [1.165, 1.54) is 22.6 Å². The lowest BCUT2D eigenvalue weighted by Gasteiger charge is -2.37. The van der Waals surface area contributed by atoms with Crippen molar-refractivity contribution >= 4 is 24.4 Å². The molecule has 2 atom stereocenters. The number of rotatable bonds is 5.